The van der Waals surface area contributed by atoms with Crippen LogP contribution in [0, 0.1) is 11.3 Å². The number of fused-ring (bicyclic) bond motifs is 1. The van der Waals surface area contributed by atoms with Gasteiger partial charge in [-0.2, -0.15) is 5.26 Å². The molecule has 17 heavy (non-hydrogen) atoms. The molecule has 0 saturated heterocycles. The molecule has 0 amide bonds. The quantitative estimate of drug-likeness (QED) is 0.809. The van der Waals surface area contributed by atoms with E-state index in [1.54, 1.807) is 6.07 Å². The molecule has 0 unspecified atom stereocenters. The number of anilines is 1. The summed E-state index contributed by atoms with van der Waals surface area (Å²) in [6.45, 7) is 6.01. The molecule has 1 heterocycles. The van der Waals surface area contributed by atoms with Crippen molar-refractivity contribution in [1.29, 1.82) is 5.26 Å². The molecule has 3 nitrogen and oxygen atoms in total. The first-order chi connectivity index (χ1) is 8.19. The number of nitrogens with two attached hydrogens (primary N) is 1. The summed E-state index contributed by atoms with van der Waals surface area (Å²) < 4.78 is 0.711. The van der Waals surface area contributed by atoms with Gasteiger partial charge in [-0.3, -0.25) is 0 Å². The topological polar surface area (TPSA) is 70.0 Å². The molecule has 90 valence electrons. The fourth-order valence-electron chi connectivity index (χ4n) is 1.68. The molecule has 0 spiro atoms. The molecule has 2 rings (SSSR count). The van der Waals surface area contributed by atoms with Gasteiger partial charge in [0.25, 0.3) is 0 Å². The second-order valence-corrected chi connectivity index (χ2v) is 4.31. The molecule has 0 saturated carbocycles. The summed E-state index contributed by atoms with van der Waals surface area (Å²) in [5.74, 6) is 0.195. The van der Waals surface area contributed by atoms with E-state index >= 15 is 0 Å². The van der Waals surface area contributed by atoms with E-state index in [0.29, 0.717) is 15.3 Å². The Labute approximate surface area is 105 Å². The van der Waals surface area contributed by atoms with Gasteiger partial charge in [0.1, 0.15) is 16.8 Å². The predicted molar refractivity (Wildman–Crippen MR) is 73.3 cm³/mol. The van der Waals surface area contributed by atoms with Gasteiger partial charge in [0, 0.05) is 5.39 Å². The zero-order chi connectivity index (χ0) is 13.0. The van der Waals surface area contributed by atoms with Crippen LogP contribution in [0.25, 0.3) is 10.1 Å². The number of hydrogen-bond acceptors (Lipinski definition) is 4. The Balaban J connectivity index is 0.000000686. The summed E-state index contributed by atoms with van der Waals surface area (Å²) in [7, 11) is 0. The Morgan fingerprint density at radius 1 is 1.41 bits per heavy atom. The van der Waals surface area contributed by atoms with E-state index in [-0.39, 0.29) is 5.75 Å². The number of phenols is 1. The number of hydrogen-bond donors (Lipinski definition) is 2. The van der Waals surface area contributed by atoms with E-state index in [4.69, 9.17) is 11.0 Å². The van der Waals surface area contributed by atoms with E-state index in [0.717, 1.165) is 17.4 Å². The van der Waals surface area contributed by atoms with Gasteiger partial charge in [-0.25, -0.2) is 0 Å². The number of nitriles is 1. The van der Waals surface area contributed by atoms with Gasteiger partial charge in [-0.1, -0.05) is 26.8 Å². The summed E-state index contributed by atoms with van der Waals surface area (Å²) in [6, 6.07) is 5.58. The Bertz CT molecular complexity index is 567. The zero-order valence-electron chi connectivity index (χ0n) is 10.2. The van der Waals surface area contributed by atoms with E-state index < -0.39 is 0 Å². The number of nitrogen functional groups attached to an aromatic ring is 1. The largest absolute Gasteiger partial charge is 0.506 e. The number of rotatable bonds is 1. The first-order valence-electron chi connectivity index (χ1n) is 5.62. The summed E-state index contributed by atoms with van der Waals surface area (Å²) in [5.41, 5.74) is 7.28. The Morgan fingerprint density at radius 3 is 2.59 bits per heavy atom. The molecule has 0 radical (unpaired) electrons. The lowest BCUT2D eigenvalue weighted by Crippen LogP contribution is -1.86. The first kappa shape index (κ1) is 13.3. The smallest absolute Gasteiger partial charge is 0.133 e. The van der Waals surface area contributed by atoms with Gasteiger partial charge >= 0.3 is 0 Å². The fourth-order valence-corrected chi connectivity index (χ4v) is 2.66. The van der Waals surface area contributed by atoms with Crippen LogP contribution in [0.1, 0.15) is 31.9 Å². The minimum Gasteiger partial charge on any atom is -0.506 e. The van der Waals surface area contributed by atoms with Crippen LogP contribution < -0.4 is 5.73 Å². The third-order valence-corrected chi connectivity index (χ3v) is 3.47. The number of aromatic hydroxyl groups is 1. The van der Waals surface area contributed by atoms with E-state index in [9.17, 15) is 5.11 Å². The van der Waals surface area contributed by atoms with Gasteiger partial charge in [0.05, 0.1) is 10.3 Å². The van der Waals surface area contributed by atoms with Crippen molar-refractivity contribution in [3.05, 3.63) is 23.3 Å². The van der Waals surface area contributed by atoms with Crippen molar-refractivity contribution in [1.82, 2.24) is 0 Å². The minimum absolute atomic E-state index is 0.195. The van der Waals surface area contributed by atoms with Crippen LogP contribution in [0.4, 0.5) is 5.00 Å². The molecule has 4 heteroatoms. The van der Waals surface area contributed by atoms with Gasteiger partial charge in [0.2, 0.25) is 0 Å². The maximum Gasteiger partial charge on any atom is 0.133 e. The van der Waals surface area contributed by atoms with Crippen LogP contribution in [-0.4, -0.2) is 5.11 Å². The Hall–Kier alpha value is -1.73. The molecule has 1 aromatic carbocycles. The van der Waals surface area contributed by atoms with Gasteiger partial charge in [-0.05, 0) is 18.1 Å². The average Bonchev–Trinajstić information content (AvgIpc) is 2.70. The number of nitrogens with zero attached hydrogens (tertiary/aromatic N) is 1. The highest BCUT2D eigenvalue weighted by molar-refractivity contribution is 7.23. The molecule has 2 aromatic rings. The summed E-state index contributed by atoms with van der Waals surface area (Å²) in [4.78, 5) is 0. The molecule has 0 fully saturated rings. The Kier molecular flexibility index (Phi) is 4.36. The van der Waals surface area contributed by atoms with Crippen LogP contribution in [-0.2, 0) is 6.42 Å². The third kappa shape index (κ3) is 2.20. The summed E-state index contributed by atoms with van der Waals surface area (Å²) in [6.07, 6.45) is 0.821. The molecule has 0 aliphatic carbocycles. The van der Waals surface area contributed by atoms with Crippen LogP contribution in [0.5, 0.6) is 5.75 Å². The first-order valence-corrected chi connectivity index (χ1v) is 6.43. The lowest BCUT2D eigenvalue weighted by Gasteiger charge is -2.01. The number of phenolic OH excluding ortho intramolecular Hbond substituents is 1. The summed E-state index contributed by atoms with van der Waals surface area (Å²) >= 11 is 1.26. The zero-order valence-corrected chi connectivity index (χ0v) is 11.1. The average molecular weight is 248 g/mol. The lowest BCUT2D eigenvalue weighted by atomic mass is 10.0. The standard InChI is InChI=1S/C11H10N2OS.C2H6/c1-2-6-3-4-8(14)10-9(6)7(5-12)11(13)15-10;1-2/h3-4,14H,2,13H2,1H3;1-2H3. The van der Waals surface area contributed by atoms with Crippen molar-refractivity contribution in [2.45, 2.75) is 27.2 Å². The molecule has 0 aliphatic heterocycles. The molecule has 0 aliphatic rings. The van der Waals surface area contributed by atoms with Crippen molar-refractivity contribution in [2.75, 3.05) is 5.73 Å². The van der Waals surface area contributed by atoms with Crippen LogP contribution >= 0.6 is 11.3 Å². The molecule has 0 atom stereocenters. The monoisotopic (exact) mass is 248 g/mol. The maximum absolute atomic E-state index is 9.67. The number of benzene rings is 1. The van der Waals surface area contributed by atoms with Crippen molar-refractivity contribution in [3.8, 4) is 11.8 Å². The van der Waals surface area contributed by atoms with Crippen molar-refractivity contribution in [2.24, 2.45) is 0 Å². The van der Waals surface area contributed by atoms with Crippen LogP contribution in [0.3, 0.4) is 0 Å². The number of thiophene rings is 1. The van der Waals surface area contributed by atoms with Crippen molar-refractivity contribution >= 4 is 26.4 Å². The van der Waals surface area contributed by atoms with E-state index in [1.165, 1.54) is 11.3 Å². The van der Waals surface area contributed by atoms with E-state index in [2.05, 4.69) is 6.07 Å². The maximum atomic E-state index is 9.67. The van der Waals surface area contributed by atoms with Crippen LogP contribution in [0.2, 0.25) is 0 Å². The molecule has 3 N–H and O–H groups in total. The molecular formula is C13H16N2OS. The normalized spacial score (nSPS) is 9.53. The highest BCUT2D eigenvalue weighted by Gasteiger charge is 2.15. The predicted octanol–water partition coefficient (Wildman–Crippen LogP) is 3.65. The minimum atomic E-state index is 0.195. The highest BCUT2D eigenvalue weighted by Crippen LogP contribution is 2.40. The third-order valence-electron chi connectivity index (χ3n) is 2.42. The number of aryl methyl sites for hydroxylation is 1. The molecule has 0 bridgehead atoms. The highest BCUT2D eigenvalue weighted by atomic mass is 32.1. The van der Waals surface area contributed by atoms with E-state index in [1.807, 2.05) is 26.8 Å². The lowest BCUT2D eigenvalue weighted by molar-refractivity contribution is 0.482. The molecule has 1 aromatic heterocycles. The SMILES string of the molecule is CC.CCc1ccc(O)c2sc(N)c(C#N)c12. The Morgan fingerprint density at radius 2 is 2.06 bits per heavy atom. The van der Waals surface area contributed by atoms with Crippen LogP contribution in [0.15, 0.2) is 12.1 Å². The van der Waals surface area contributed by atoms with Gasteiger partial charge in [-0.15, -0.1) is 11.3 Å². The van der Waals surface area contributed by atoms with Crippen molar-refractivity contribution < 1.29 is 5.11 Å². The van der Waals surface area contributed by atoms with Gasteiger partial charge < -0.3 is 10.8 Å². The fraction of sp³-hybridized carbons (Fsp3) is 0.308. The van der Waals surface area contributed by atoms with Crippen molar-refractivity contribution in [3.63, 3.8) is 0 Å². The van der Waals surface area contributed by atoms with Gasteiger partial charge in [0.15, 0.2) is 0 Å². The summed E-state index contributed by atoms with van der Waals surface area (Å²) in [5, 5.41) is 20.0. The second-order valence-electron chi connectivity index (χ2n) is 3.25. The second kappa shape index (κ2) is 5.55. The molecular weight excluding hydrogens is 232 g/mol.